The molecule has 0 spiro atoms. The van der Waals surface area contributed by atoms with Crippen LogP contribution in [0.5, 0.6) is 0 Å². The van der Waals surface area contributed by atoms with Crippen molar-refractivity contribution in [3.8, 4) is 0 Å². The van der Waals surface area contributed by atoms with Crippen LogP contribution in [0.4, 0.5) is 0 Å². The number of Topliss-reactive ketones (excluding diaryl/α,β-unsaturated/α-hetero) is 3. The van der Waals surface area contributed by atoms with Crippen LogP contribution in [0.1, 0.15) is 144 Å². The number of hydrogen-bond acceptors (Lipinski definition) is 11. The second kappa shape index (κ2) is 37.4. The predicted molar refractivity (Wildman–Crippen MR) is 205 cm³/mol. The first kappa shape index (κ1) is 52.2. The first-order valence-corrected chi connectivity index (χ1v) is 20.6. The van der Waals surface area contributed by atoms with Gasteiger partial charge in [0.05, 0.1) is 26.4 Å². The van der Waals surface area contributed by atoms with E-state index in [2.05, 4.69) is 34.6 Å². The van der Waals surface area contributed by atoms with Crippen molar-refractivity contribution in [2.75, 3.05) is 64.4 Å². The maximum atomic E-state index is 12.5. The molecule has 0 aliphatic heterocycles. The van der Waals surface area contributed by atoms with E-state index in [1.165, 1.54) is 43.6 Å². The topological polar surface area (TPSA) is 160 Å². The molecular weight excluding hydrogens is 688 g/mol. The van der Waals surface area contributed by atoms with E-state index in [0.29, 0.717) is 88.7 Å². The van der Waals surface area contributed by atoms with Crippen molar-refractivity contribution in [2.24, 2.45) is 17.3 Å². The lowest BCUT2D eigenvalue weighted by Crippen LogP contribution is -2.27. The van der Waals surface area contributed by atoms with Gasteiger partial charge >= 0.3 is 12.1 Å². The lowest BCUT2D eigenvalue weighted by molar-refractivity contribution is -0.191. The lowest BCUT2D eigenvalue weighted by Gasteiger charge is -2.33. The van der Waals surface area contributed by atoms with Gasteiger partial charge in [-0.1, -0.05) is 60.3 Å². The van der Waals surface area contributed by atoms with Gasteiger partial charge in [-0.05, 0) is 80.1 Å². The number of aliphatic carboxylic acids is 1. The van der Waals surface area contributed by atoms with E-state index in [-0.39, 0.29) is 24.0 Å². The molecule has 52 heavy (non-hydrogen) atoms. The number of ether oxygens (including phenoxy) is 4. The maximum Gasteiger partial charge on any atom is 0.373 e. The Balaban J connectivity index is 0. The molecule has 0 saturated heterocycles. The summed E-state index contributed by atoms with van der Waals surface area (Å²) in [7, 11) is 0. The number of carbonyl (C=O) groups excluding carboxylic acids is 5. The molecule has 0 radical (unpaired) electrons. The molecule has 304 valence electrons. The summed E-state index contributed by atoms with van der Waals surface area (Å²) in [4.78, 5) is 62.7. The molecule has 12 heteroatoms. The summed E-state index contributed by atoms with van der Waals surface area (Å²) in [5.41, 5.74) is 0.190. The first-order chi connectivity index (χ1) is 24.8. The minimum atomic E-state index is -1.08. The maximum absolute atomic E-state index is 12.5. The van der Waals surface area contributed by atoms with Crippen LogP contribution < -0.4 is 0 Å². The van der Waals surface area contributed by atoms with Crippen LogP contribution in [-0.4, -0.2) is 98.9 Å². The summed E-state index contributed by atoms with van der Waals surface area (Å²) >= 11 is 2.03. The van der Waals surface area contributed by atoms with Crippen LogP contribution in [0.3, 0.4) is 0 Å². The fraction of sp³-hybridized carbons (Fsp3) is 0.875. The molecule has 0 aromatic carbocycles. The normalized spacial score (nSPS) is 11.9. The number of carboxylic acid groups (broad SMARTS) is 1. The SMILES string of the molecule is CC(C)C(CC(=O)CCCCCCCSCCCCCC(=O)CCCCOCCOCCOCCCCC(=O)COCC(=O)O)C(C)(C)C.O=C=O. The van der Waals surface area contributed by atoms with E-state index in [1.807, 2.05) is 11.8 Å². The molecule has 1 N–H and O–H groups in total. The van der Waals surface area contributed by atoms with Gasteiger partial charge in [0.2, 0.25) is 0 Å². The Hall–Kier alpha value is -1.95. The molecule has 0 aromatic heterocycles. The monoisotopic (exact) mass is 760 g/mol. The van der Waals surface area contributed by atoms with Crippen LogP contribution in [0, 0.1) is 17.3 Å². The Morgan fingerprint density at radius 2 is 0.962 bits per heavy atom. The Morgan fingerprint density at radius 1 is 0.558 bits per heavy atom. The number of hydrogen-bond donors (Lipinski definition) is 1. The Kier molecular flexibility index (Phi) is 37.5. The second-order valence-electron chi connectivity index (χ2n) is 14.7. The third-order valence-corrected chi connectivity index (χ3v) is 9.73. The molecule has 0 saturated carbocycles. The van der Waals surface area contributed by atoms with Crippen LogP contribution >= 0.6 is 11.8 Å². The van der Waals surface area contributed by atoms with Gasteiger partial charge < -0.3 is 24.1 Å². The second-order valence-corrected chi connectivity index (χ2v) is 15.9. The number of rotatable bonds is 37. The average molecular weight is 761 g/mol. The highest BCUT2D eigenvalue weighted by molar-refractivity contribution is 7.99. The van der Waals surface area contributed by atoms with E-state index >= 15 is 0 Å². The molecule has 0 bridgehead atoms. The summed E-state index contributed by atoms with van der Waals surface area (Å²) in [5, 5.41) is 8.46. The van der Waals surface area contributed by atoms with E-state index < -0.39 is 12.6 Å². The van der Waals surface area contributed by atoms with Gasteiger partial charge in [-0.15, -0.1) is 0 Å². The molecular formula is C40H72O11S. The summed E-state index contributed by atoms with van der Waals surface area (Å²) in [6, 6.07) is 0. The van der Waals surface area contributed by atoms with Crippen LogP contribution in [0.15, 0.2) is 0 Å². The Bertz CT molecular complexity index is 927. The molecule has 1 atom stereocenters. The minimum Gasteiger partial charge on any atom is -0.480 e. The van der Waals surface area contributed by atoms with E-state index in [4.69, 9.17) is 33.6 Å². The van der Waals surface area contributed by atoms with Gasteiger partial charge in [0, 0.05) is 45.3 Å². The van der Waals surface area contributed by atoms with Crippen molar-refractivity contribution < 1.29 is 52.8 Å². The molecule has 0 aliphatic carbocycles. The van der Waals surface area contributed by atoms with Crippen LogP contribution in [0.25, 0.3) is 0 Å². The van der Waals surface area contributed by atoms with Gasteiger partial charge in [-0.3, -0.25) is 14.4 Å². The zero-order valence-electron chi connectivity index (χ0n) is 33.2. The summed E-state index contributed by atoms with van der Waals surface area (Å²) < 4.78 is 21.3. The number of ketones is 3. The molecule has 11 nitrogen and oxygen atoms in total. The zero-order valence-corrected chi connectivity index (χ0v) is 34.0. The van der Waals surface area contributed by atoms with E-state index in [0.717, 1.165) is 51.4 Å². The number of thioether (sulfide) groups is 1. The minimum absolute atomic E-state index is 0.102. The fourth-order valence-electron chi connectivity index (χ4n) is 5.79. The van der Waals surface area contributed by atoms with Crippen molar-refractivity contribution >= 4 is 41.2 Å². The number of unbranched alkanes of at least 4 members (excludes halogenated alkanes) is 8. The fourth-order valence-corrected chi connectivity index (χ4v) is 6.82. The standard InChI is InChI=1S/C39H72O9S.CO2/c1-33(2)37(39(3,4)5)30-35(41)20-10-7-6-8-16-28-49-29-17-9-11-18-34(40)19-12-14-22-45-24-26-47-27-25-46-23-15-13-21-36(42)31-48-32-38(43)44;2-1-3/h33,37H,6-32H2,1-5H3,(H,43,44);. The molecule has 0 aromatic rings. The van der Waals surface area contributed by atoms with Crippen LogP contribution in [0.2, 0.25) is 0 Å². The van der Waals surface area contributed by atoms with Gasteiger partial charge in [-0.25, -0.2) is 4.79 Å². The average Bonchev–Trinajstić information content (AvgIpc) is 3.07. The van der Waals surface area contributed by atoms with Crippen molar-refractivity contribution in [2.45, 2.75) is 144 Å². The summed E-state index contributed by atoms with van der Waals surface area (Å²) in [5.74, 6) is 3.03. The molecule has 1 unspecified atom stereocenters. The van der Waals surface area contributed by atoms with Gasteiger partial charge in [0.15, 0.2) is 5.78 Å². The van der Waals surface area contributed by atoms with Gasteiger partial charge in [-0.2, -0.15) is 21.4 Å². The lowest BCUT2D eigenvalue weighted by atomic mass is 9.71. The van der Waals surface area contributed by atoms with Gasteiger partial charge in [0.25, 0.3) is 0 Å². The predicted octanol–water partition coefficient (Wildman–Crippen LogP) is 7.94. The van der Waals surface area contributed by atoms with E-state index in [1.54, 1.807) is 0 Å². The van der Waals surface area contributed by atoms with E-state index in [9.17, 15) is 19.2 Å². The largest absolute Gasteiger partial charge is 0.480 e. The Labute approximate surface area is 318 Å². The highest BCUT2D eigenvalue weighted by Gasteiger charge is 2.29. The summed E-state index contributed by atoms with van der Waals surface area (Å²) in [6.45, 7) is 13.8. The third-order valence-electron chi connectivity index (χ3n) is 8.57. The molecule has 0 heterocycles. The van der Waals surface area contributed by atoms with Gasteiger partial charge in [0.1, 0.15) is 24.8 Å². The molecule has 0 fully saturated rings. The zero-order chi connectivity index (χ0) is 39.3. The van der Waals surface area contributed by atoms with Crippen LogP contribution in [-0.2, 0) is 47.7 Å². The molecule has 0 rings (SSSR count). The van der Waals surface area contributed by atoms with Crippen molar-refractivity contribution in [3.63, 3.8) is 0 Å². The highest BCUT2D eigenvalue weighted by atomic mass is 32.2. The van der Waals surface area contributed by atoms with Crippen molar-refractivity contribution in [1.82, 2.24) is 0 Å². The Morgan fingerprint density at radius 3 is 1.44 bits per heavy atom. The number of carboxylic acids is 1. The highest BCUT2D eigenvalue weighted by Crippen LogP contribution is 2.35. The number of carbonyl (C=O) groups is 4. The third kappa shape index (κ3) is 39.3. The quantitative estimate of drug-likeness (QED) is 0.0610. The smallest absolute Gasteiger partial charge is 0.373 e. The van der Waals surface area contributed by atoms with Crippen molar-refractivity contribution in [1.29, 1.82) is 0 Å². The van der Waals surface area contributed by atoms with Crippen molar-refractivity contribution in [3.05, 3.63) is 0 Å². The first-order valence-electron chi connectivity index (χ1n) is 19.5. The molecule has 0 amide bonds. The molecule has 0 aliphatic rings. The summed E-state index contributed by atoms with van der Waals surface area (Å²) in [6.07, 6.45) is 15.9.